The maximum atomic E-state index is 13.5. The summed E-state index contributed by atoms with van der Waals surface area (Å²) >= 11 is 0. The van der Waals surface area contributed by atoms with Crippen LogP contribution in [0.4, 0.5) is 4.39 Å². The summed E-state index contributed by atoms with van der Waals surface area (Å²) in [7, 11) is 0. The Morgan fingerprint density at radius 3 is 2.59 bits per heavy atom. The average molecular weight is 228 g/mol. The Morgan fingerprint density at radius 1 is 1.24 bits per heavy atom. The molecule has 0 aliphatic rings. The summed E-state index contributed by atoms with van der Waals surface area (Å²) in [6.07, 6.45) is 3.17. The van der Waals surface area contributed by atoms with Gasteiger partial charge >= 0.3 is 0 Å². The molecular weight excluding hydrogens is 219 g/mol. The first-order chi connectivity index (χ1) is 8.19. The lowest BCUT2D eigenvalue weighted by molar-refractivity contribution is 0.598. The van der Waals surface area contributed by atoms with Gasteiger partial charge in [-0.3, -0.25) is 4.79 Å². The van der Waals surface area contributed by atoms with Crippen molar-refractivity contribution in [3.63, 3.8) is 0 Å². The number of halogens is 1. The third kappa shape index (κ3) is 2.58. The van der Waals surface area contributed by atoms with Gasteiger partial charge in [-0.1, -0.05) is 0 Å². The van der Waals surface area contributed by atoms with Gasteiger partial charge in [-0.05, 0) is 18.2 Å². The molecule has 0 radical (unpaired) electrons. The summed E-state index contributed by atoms with van der Waals surface area (Å²) in [6, 6.07) is 9.00. The van der Waals surface area contributed by atoms with Crippen LogP contribution in [0.25, 0.3) is 0 Å². The van der Waals surface area contributed by atoms with Gasteiger partial charge < -0.3 is 4.57 Å². The first kappa shape index (κ1) is 11.1. The second kappa shape index (κ2) is 4.62. The molecule has 1 aromatic heterocycles. The molecule has 0 saturated heterocycles. The van der Waals surface area contributed by atoms with Crippen molar-refractivity contribution in [1.82, 2.24) is 4.57 Å². The molecule has 1 heterocycles. The molecule has 0 aliphatic heterocycles. The van der Waals surface area contributed by atoms with Gasteiger partial charge in [-0.15, -0.1) is 0 Å². The predicted molar refractivity (Wildman–Crippen MR) is 60.9 cm³/mol. The summed E-state index contributed by atoms with van der Waals surface area (Å²) in [4.78, 5) is 10.9. The van der Waals surface area contributed by atoms with E-state index in [0.29, 0.717) is 17.7 Å². The monoisotopic (exact) mass is 228 g/mol. The molecule has 0 N–H and O–H groups in total. The highest BCUT2D eigenvalue weighted by Crippen LogP contribution is 2.11. The smallest absolute Gasteiger partial charge is 0.181 e. The van der Waals surface area contributed by atoms with Crippen molar-refractivity contribution < 1.29 is 4.39 Å². The number of benzene rings is 1. The van der Waals surface area contributed by atoms with E-state index in [9.17, 15) is 9.18 Å². The molecule has 1 aromatic carbocycles. The van der Waals surface area contributed by atoms with Crippen LogP contribution in [-0.4, -0.2) is 4.57 Å². The molecule has 0 saturated carbocycles. The van der Waals surface area contributed by atoms with E-state index in [1.54, 1.807) is 17.0 Å². The molecule has 2 rings (SSSR count). The molecular formula is C13H9FN2O. The van der Waals surface area contributed by atoms with E-state index in [4.69, 9.17) is 5.26 Å². The molecule has 0 spiro atoms. The summed E-state index contributed by atoms with van der Waals surface area (Å²) in [5, 5.41) is 8.73. The Labute approximate surface area is 97.4 Å². The lowest BCUT2D eigenvalue weighted by Crippen LogP contribution is -2.06. The maximum Gasteiger partial charge on any atom is 0.181 e. The lowest BCUT2D eigenvalue weighted by Gasteiger charge is -2.07. The Hall–Kier alpha value is -2.41. The highest BCUT2D eigenvalue weighted by atomic mass is 19.1. The largest absolute Gasteiger partial charge is 0.350 e. The van der Waals surface area contributed by atoms with E-state index >= 15 is 0 Å². The second-order valence-corrected chi connectivity index (χ2v) is 3.62. The van der Waals surface area contributed by atoms with Gasteiger partial charge in [0.2, 0.25) is 0 Å². The second-order valence-electron chi connectivity index (χ2n) is 3.62. The van der Waals surface area contributed by atoms with E-state index in [1.807, 2.05) is 6.07 Å². The van der Waals surface area contributed by atoms with Gasteiger partial charge in [0, 0.05) is 36.6 Å². The van der Waals surface area contributed by atoms with Crippen molar-refractivity contribution >= 4 is 0 Å². The van der Waals surface area contributed by atoms with Crippen LogP contribution < -0.4 is 5.43 Å². The molecule has 0 atom stereocenters. The molecule has 84 valence electrons. The van der Waals surface area contributed by atoms with Crippen LogP contribution >= 0.6 is 0 Å². The van der Waals surface area contributed by atoms with Gasteiger partial charge in [0.25, 0.3) is 0 Å². The minimum Gasteiger partial charge on any atom is -0.350 e. The minimum absolute atomic E-state index is 0.0903. The third-order valence-electron chi connectivity index (χ3n) is 2.39. The zero-order valence-corrected chi connectivity index (χ0v) is 8.93. The van der Waals surface area contributed by atoms with E-state index in [0.717, 1.165) is 0 Å². The molecule has 2 aromatic rings. The van der Waals surface area contributed by atoms with Crippen molar-refractivity contribution in [2.75, 3.05) is 0 Å². The summed E-state index contributed by atoms with van der Waals surface area (Å²) in [5.74, 6) is -0.359. The number of rotatable bonds is 2. The predicted octanol–water partition coefficient (Wildman–Crippen LogP) is 1.91. The van der Waals surface area contributed by atoms with Gasteiger partial charge in [0.15, 0.2) is 5.43 Å². The molecule has 17 heavy (non-hydrogen) atoms. The number of hydrogen-bond donors (Lipinski definition) is 0. The van der Waals surface area contributed by atoms with Crippen LogP contribution in [0.3, 0.4) is 0 Å². The van der Waals surface area contributed by atoms with Crippen LogP contribution in [0.1, 0.15) is 11.1 Å². The normalized spacial score (nSPS) is 9.88. The molecule has 3 nitrogen and oxygen atoms in total. The van der Waals surface area contributed by atoms with Gasteiger partial charge in [-0.25, -0.2) is 4.39 Å². The average Bonchev–Trinajstić information content (AvgIpc) is 2.35. The van der Waals surface area contributed by atoms with Crippen LogP contribution in [0.15, 0.2) is 47.5 Å². The maximum absolute atomic E-state index is 13.5. The van der Waals surface area contributed by atoms with Crippen LogP contribution in [0, 0.1) is 17.1 Å². The van der Waals surface area contributed by atoms with Crippen LogP contribution in [-0.2, 0) is 6.54 Å². The van der Waals surface area contributed by atoms with E-state index < -0.39 is 0 Å². The Kier molecular flexibility index (Phi) is 3.01. The highest BCUT2D eigenvalue weighted by Gasteiger charge is 2.03. The summed E-state index contributed by atoms with van der Waals surface area (Å²) in [6.45, 7) is 0.293. The van der Waals surface area contributed by atoms with Gasteiger partial charge in [0.05, 0.1) is 11.6 Å². The molecule has 0 bridgehead atoms. The van der Waals surface area contributed by atoms with Crippen molar-refractivity contribution in [2.24, 2.45) is 0 Å². The molecule has 0 amide bonds. The van der Waals surface area contributed by atoms with Gasteiger partial charge in [0.1, 0.15) is 5.82 Å². The molecule has 0 unspecified atom stereocenters. The Balaban J connectivity index is 2.32. The number of nitriles is 1. The first-order valence-electron chi connectivity index (χ1n) is 5.03. The van der Waals surface area contributed by atoms with Crippen molar-refractivity contribution in [2.45, 2.75) is 6.54 Å². The first-order valence-corrected chi connectivity index (χ1v) is 5.03. The molecule has 0 fully saturated rings. The fourth-order valence-corrected chi connectivity index (χ4v) is 1.51. The SMILES string of the molecule is N#Cc1ccc(F)c(Cn2ccc(=O)cc2)c1. The Morgan fingerprint density at radius 2 is 1.94 bits per heavy atom. The number of nitrogens with zero attached hydrogens (tertiary/aromatic N) is 2. The van der Waals surface area contributed by atoms with E-state index in [-0.39, 0.29) is 11.2 Å². The number of pyridine rings is 1. The third-order valence-corrected chi connectivity index (χ3v) is 2.39. The quantitative estimate of drug-likeness (QED) is 0.788. The fraction of sp³-hybridized carbons (Fsp3) is 0.0769. The topological polar surface area (TPSA) is 45.8 Å². The van der Waals surface area contributed by atoms with Crippen molar-refractivity contribution in [1.29, 1.82) is 5.26 Å². The van der Waals surface area contributed by atoms with E-state index in [1.165, 1.54) is 30.3 Å². The molecule has 4 heteroatoms. The van der Waals surface area contributed by atoms with E-state index in [2.05, 4.69) is 0 Å². The fourth-order valence-electron chi connectivity index (χ4n) is 1.51. The lowest BCUT2D eigenvalue weighted by atomic mass is 10.1. The molecule has 0 aliphatic carbocycles. The zero-order chi connectivity index (χ0) is 12.3. The van der Waals surface area contributed by atoms with Crippen molar-refractivity contribution in [3.8, 4) is 6.07 Å². The van der Waals surface area contributed by atoms with Gasteiger partial charge in [-0.2, -0.15) is 5.26 Å². The zero-order valence-electron chi connectivity index (χ0n) is 8.93. The summed E-state index contributed by atoms with van der Waals surface area (Å²) in [5.41, 5.74) is 0.752. The standard InChI is InChI=1S/C13H9FN2O/c14-13-2-1-10(8-15)7-11(13)9-16-5-3-12(17)4-6-16/h1-7H,9H2. The number of hydrogen-bond acceptors (Lipinski definition) is 2. The highest BCUT2D eigenvalue weighted by molar-refractivity contribution is 5.33. The van der Waals surface area contributed by atoms with Crippen molar-refractivity contribution in [3.05, 3.63) is 69.9 Å². The minimum atomic E-state index is -0.359. The summed E-state index contributed by atoms with van der Waals surface area (Å²) < 4.78 is 15.2. The number of aromatic nitrogens is 1. The Bertz CT molecular complexity index is 620. The van der Waals surface area contributed by atoms with Crippen LogP contribution in [0.5, 0.6) is 0 Å². The van der Waals surface area contributed by atoms with Crippen LogP contribution in [0.2, 0.25) is 0 Å².